The number of pyridine rings is 1. The number of hydrogen-bond acceptors (Lipinski definition) is 6. The molecule has 0 saturated carbocycles. The highest BCUT2D eigenvalue weighted by atomic mass is 35.5. The zero-order valence-corrected chi connectivity index (χ0v) is 19.1. The van der Waals surface area contributed by atoms with Gasteiger partial charge in [0.1, 0.15) is 4.75 Å². The second kappa shape index (κ2) is 8.47. The number of nitrogens with zero attached hydrogens (tertiary/aromatic N) is 5. The predicted molar refractivity (Wildman–Crippen MR) is 116 cm³/mol. The molecule has 0 bridgehead atoms. The van der Waals surface area contributed by atoms with E-state index in [1.807, 2.05) is 61.8 Å². The van der Waals surface area contributed by atoms with Gasteiger partial charge in [-0.05, 0) is 46.2 Å². The van der Waals surface area contributed by atoms with Crippen molar-refractivity contribution >= 4 is 28.6 Å². The molecule has 0 radical (unpaired) electrons. The Labute approximate surface area is 179 Å². The SMILES string of the molecule is CCN([C@H](C)c1cnc(OC)c(-c2cn3ccnc3c(Cl)n2)c1)[S+]([O-])C(C)(C)C. The Bertz CT molecular complexity index is 1000. The maximum Gasteiger partial charge on any atom is 0.222 e. The summed E-state index contributed by atoms with van der Waals surface area (Å²) in [7, 11) is 1.57. The quantitative estimate of drug-likeness (QED) is 0.537. The normalized spacial score (nSPS) is 14.4. The summed E-state index contributed by atoms with van der Waals surface area (Å²) in [5, 5.41) is 0.303. The van der Waals surface area contributed by atoms with Crippen molar-refractivity contribution in [3.05, 3.63) is 41.6 Å². The van der Waals surface area contributed by atoms with Gasteiger partial charge in [-0.1, -0.05) is 11.6 Å². The van der Waals surface area contributed by atoms with Crippen LogP contribution >= 0.6 is 11.6 Å². The van der Waals surface area contributed by atoms with Gasteiger partial charge in [-0.15, -0.1) is 4.31 Å². The third-order valence-corrected chi connectivity index (χ3v) is 6.94. The number of rotatable bonds is 6. The maximum absolute atomic E-state index is 13.0. The summed E-state index contributed by atoms with van der Waals surface area (Å²) in [4.78, 5) is 13.2. The molecule has 3 rings (SSSR count). The van der Waals surface area contributed by atoms with E-state index in [1.165, 1.54) is 0 Å². The van der Waals surface area contributed by atoms with Gasteiger partial charge in [0.25, 0.3) is 0 Å². The summed E-state index contributed by atoms with van der Waals surface area (Å²) in [6.45, 7) is 10.6. The summed E-state index contributed by atoms with van der Waals surface area (Å²) < 4.78 is 21.9. The van der Waals surface area contributed by atoms with Crippen LogP contribution in [0.15, 0.2) is 30.9 Å². The maximum atomic E-state index is 13.0. The molecule has 0 aliphatic carbocycles. The second-order valence-corrected chi connectivity index (χ2v) is 10.2. The first-order valence-corrected chi connectivity index (χ1v) is 10.9. The molecule has 0 saturated heterocycles. The van der Waals surface area contributed by atoms with Crippen molar-refractivity contribution < 1.29 is 9.29 Å². The summed E-state index contributed by atoms with van der Waals surface area (Å²) in [6.07, 6.45) is 7.08. The van der Waals surface area contributed by atoms with Crippen LogP contribution in [0, 0.1) is 0 Å². The van der Waals surface area contributed by atoms with Crippen LogP contribution in [0.1, 0.15) is 46.2 Å². The molecule has 3 heterocycles. The van der Waals surface area contributed by atoms with Crippen molar-refractivity contribution in [1.82, 2.24) is 23.7 Å². The number of aromatic nitrogens is 4. The first kappa shape index (κ1) is 21.8. The first-order chi connectivity index (χ1) is 13.7. The summed E-state index contributed by atoms with van der Waals surface area (Å²) in [6, 6.07) is 1.87. The zero-order chi connectivity index (χ0) is 21.3. The second-order valence-electron chi connectivity index (χ2n) is 7.67. The van der Waals surface area contributed by atoms with E-state index in [9.17, 15) is 4.55 Å². The highest BCUT2D eigenvalue weighted by molar-refractivity contribution is 7.90. The fraction of sp³-hybridized carbons (Fsp3) is 0.450. The van der Waals surface area contributed by atoms with E-state index in [0.717, 1.165) is 5.56 Å². The molecule has 2 atom stereocenters. The summed E-state index contributed by atoms with van der Waals surface area (Å²) in [5.74, 6) is 0.448. The van der Waals surface area contributed by atoms with Crippen LogP contribution < -0.4 is 4.74 Å². The Hall–Kier alpha value is -1.87. The lowest BCUT2D eigenvalue weighted by Gasteiger charge is -2.35. The number of hydrogen-bond donors (Lipinski definition) is 0. The van der Waals surface area contributed by atoms with Crippen molar-refractivity contribution in [3.8, 4) is 17.1 Å². The Morgan fingerprint density at radius 3 is 2.69 bits per heavy atom. The lowest BCUT2D eigenvalue weighted by atomic mass is 10.1. The van der Waals surface area contributed by atoms with Gasteiger partial charge in [0, 0.05) is 42.7 Å². The average Bonchev–Trinajstić information content (AvgIpc) is 3.16. The monoisotopic (exact) mass is 435 g/mol. The number of methoxy groups -OCH3 is 1. The molecule has 3 aromatic heterocycles. The molecule has 0 N–H and O–H groups in total. The van der Waals surface area contributed by atoms with Gasteiger partial charge < -0.3 is 13.7 Å². The standard InChI is InChI=1S/C20H26ClN5O2S/c1-7-26(29(27)20(3,4)5)13(2)14-10-15(19(28-6)23-11-14)16-12-25-9-8-22-18(25)17(21)24-16/h8-13H,7H2,1-6H3/t13-,29?/m1/s1. The van der Waals surface area contributed by atoms with Crippen LogP contribution in [-0.4, -0.2) is 46.6 Å². The third-order valence-electron chi connectivity index (χ3n) is 4.64. The predicted octanol–water partition coefficient (Wildman–Crippen LogP) is 4.30. The van der Waals surface area contributed by atoms with E-state index < -0.39 is 11.4 Å². The van der Waals surface area contributed by atoms with Crippen molar-refractivity contribution in [3.63, 3.8) is 0 Å². The molecule has 0 aliphatic heterocycles. The molecule has 9 heteroatoms. The van der Waals surface area contributed by atoms with Gasteiger partial charge in [-0.25, -0.2) is 15.0 Å². The molecule has 0 spiro atoms. The Balaban J connectivity index is 2.06. The van der Waals surface area contributed by atoms with Crippen LogP contribution in [0.2, 0.25) is 5.15 Å². The zero-order valence-electron chi connectivity index (χ0n) is 17.5. The van der Waals surface area contributed by atoms with Gasteiger partial charge in [0.15, 0.2) is 10.8 Å². The molecule has 1 unspecified atom stereocenters. The number of halogens is 1. The van der Waals surface area contributed by atoms with Gasteiger partial charge in [-0.3, -0.25) is 0 Å². The van der Waals surface area contributed by atoms with E-state index in [4.69, 9.17) is 16.3 Å². The van der Waals surface area contributed by atoms with Gasteiger partial charge in [0.2, 0.25) is 5.88 Å². The first-order valence-electron chi connectivity index (χ1n) is 9.39. The molecular weight excluding hydrogens is 410 g/mol. The molecule has 0 aliphatic rings. The van der Waals surface area contributed by atoms with Gasteiger partial charge >= 0.3 is 0 Å². The number of fused-ring (bicyclic) bond motifs is 1. The van der Waals surface area contributed by atoms with E-state index in [-0.39, 0.29) is 10.8 Å². The molecule has 156 valence electrons. The molecular formula is C20H26ClN5O2S. The van der Waals surface area contributed by atoms with Crippen molar-refractivity contribution in [1.29, 1.82) is 0 Å². The van der Waals surface area contributed by atoms with E-state index in [1.54, 1.807) is 19.5 Å². The van der Waals surface area contributed by atoms with Crippen LogP contribution in [0.5, 0.6) is 5.88 Å². The van der Waals surface area contributed by atoms with Crippen LogP contribution in [0.3, 0.4) is 0 Å². The van der Waals surface area contributed by atoms with Gasteiger partial charge in [-0.2, -0.15) is 0 Å². The minimum Gasteiger partial charge on any atom is -0.597 e. The topological polar surface area (TPSA) is 78.6 Å². The smallest absolute Gasteiger partial charge is 0.222 e. The van der Waals surface area contributed by atoms with E-state index in [0.29, 0.717) is 34.5 Å². The lowest BCUT2D eigenvalue weighted by molar-refractivity contribution is 0.343. The highest BCUT2D eigenvalue weighted by Gasteiger charge is 2.36. The van der Waals surface area contributed by atoms with E-state index in [2.05, 4.69) is 15.0 Å². The van der Waals surface area contributed by atoms with Crippen molar-refractivity contribution in [2.24, 2.45) is 0 Å². The molecule has 0 aromatic carbocycles. The van der Waals surface area contributed by atoms with Crippen LogP contribution in [0.25, 0.3) is 16.9 Å². The molecule has 0 amide bonds. The minimum atomic E-state index is -1.16. The summed E-state index contributed by atoms with van der Waals surface area (Å²) >= 11 is 5.16. The van der Waals surface area contributed by atoms with E-state index >= 15 is 0 Å². The minimum absolute atomic E-state index is 0.107. The number of ether oxygens (including phenoxy) is 1. The van der Waals surface area contributed by atoms with Crippen molar-refractivity contribution in [2.45, 2.75) is 45.4 Å². The number of imidazole rings is 1. The van der Waals surface area contributed by atoms with Gasteiger partial charge in [0.05, 0.1) is 24.4 Å². The fourth-order valence-electron chi connectivity index (χ4n) is 3.12. The van der Waals surface area contributed by atoms with Crippen LogP contribution in [0.4, 0.5) is 0 Å². The molecule has 3 aromatic rings. The molecule has 7 nitrogen and oxygen atoms in total. The Morgan fingerprint density at radius 2 is 2.07 bits per heavy atom. The van der Waals surface area contributed by atoms with Crippen molar-refractivity contribution in [2.75, 3.05) is 13.7 Å². The average molecular weight is 436 g/mol. The fourth-order valence-corrected chi connectivity index (χ4v) is 4.70. The lowest BCUT2D eigenvalue weighted by Crippen LogP contribution is -2.44. The molecule has 29 heavy (non-hydrogen) atoms. The largest absolute Gasteiger partial charge is 0.597 e. The Kier molecular flexibility index (Phi) is 6.38. The van der Waals surface area contributed by atoms with Crippen LogP contribution in [-0.2, 0) is 11.4 Å². The summed E-state index contributed by atoms with van der Waals surface area (Å²) in [5.41, 5.74) is 2.85. The molecule has 0 fully saturated rings. The third kappa shape index (κ3) is 4.35. The Morgan fingerprint density at radius 1 is 1.34 bits per heavy atom. The highest BCUT2D eigenvalue weighted by Crippen LogP contribution is 2.34.